The summed E-state index contributed by atoms with van der Waals surface area (Å²) in [5.74, 6) is -2.04. The van der Waals surface area contributed by atoms with Gasteiger partial charge in [-0.25, -0.2) is 13.8 Å². The summed E-state index contributed by atoms with van der Waals surface area (Å²) in [7, 11) is 0. The van der Waals surface area contributed by atoms with E-state index in [2.05, 4.69) is 4.98 Å². The van der Waals surface area contributed by atoms with E-state index in [9.17, 15) is 8.78 Å². The van der Waals surface area contributed by atoms with Crippen molar-refractivity contribution in [3.05, 3.63) is 17.3 Å². The quantitative estimate of drug-likeness (QED) is 0.797. The highest BCUT2D eigenvalue weighted by molar-refractivity contribution is 6.33. The Morgan fingerprint density at radius 3 is 2.65 bits per heavy atom. The predicted octanol–water partition coefficient (Wildman–Crippen LogP) is 3.95. The van der Waals surface area contributed by atoms with Gasteiger partial charge in [0.05, 0.1) is 19.1 Å². The van der Waals surface area contributed by atoms with E-state index in [0.29, 0.717) is 24.2 Å². The van der Waals surface area contributed by atoms with Crippen molar-refractivity contribution in [2.45, 2.75) is 31.6 Å². The summed E-state index contributed by atoms with van der Waals surface area (Å²) in [5.41, 5.74) is 0. The summed E-state index contributed by atoms with van der Waals surface area (Å²) in [6.45, 7) is 0.565. The smallest absolute Gasteiger partial charge is 0.255 e. The maximum absolute atomic E-state index is 12.8. The summed E-state index contributed by atoms with van der Waals surface area (Å²) in [4.78, 5) is 4.06. The van der Waals surface area contributed by atoms with E-state index < -0.39 is 11.8 Å². The Morgan fingerprint density at radius 2 is 2.05 bits per heavy atom. The lowest BCUT2D eigenvalue weighted by atomic mass is 9.86. The van der Waals surface area contributed by atoms with Crippen LogP contribution in [0.1, 0.15) is 25.7 Å². The number of aromatic nitrogens is 1. The molecule has 0 radical (unpaired) electrons. The maximum atomic E-state index is 12.8. The highest BCUT2D eigenvalue weighted by Gasteiger charge is 2.57. The molecule has 2 aliphatic carbocycles. The van der Waals surface area contributed by atoms with E-state index >= 15 is 0 Å². The molecule has 1 unspecified atom stereocenters. The minimum Gasteiger partial charge on any atom is -0.491 e. The summed E-state index contributed by atoms with van der Waals surface area (Å²) in [6, 6.07) is 1.57. The molecule has 1 aromatic rings. The molecule has 20 heavy (non-hydrogen) atoms. The van der Waals surface area contributed by atoms with E-state index in [1.165, 1.54) is 25.5 Å². The molecule has 6 heteroatoms. The second kappa shape index (κ2) is 5.35. The number of hydrogen-bond acceptors (Lipinski definition) is 3. The van der Waals surface area contributed by atoms with Gasteiger partial charge in [-0.3, -0.25) is 0 Å². The highest BCUT2D eigenvalue weighted by atomic mass is 35.5. The molecule has 0 N–H and O–H groups in total. The Hall–Kier alpha value is -1.10. The Bertz CT molecular complexity index is 494. The number of alkyl halides is 2. The molecule has 110 valence electrons. The number of hydrogen-bond donors (Lipinski definition) is 0. The molecule has 0 amide bonds. The van der Waals surface area contributed by atoms with E-state index in [1.54, 1.807) is 6.07 Å². The average Bonchev–Trinajstić information content (AvgIpc) is 2.96. The zero-order valence-corrected chi connectivity index (χ0v) is 11.7. The van der Waals surface area contributed by atoms with Crippen molar-refractivity contribution in [1.82, 2.24) is 4.98 Å². The van der Waals surface area contributed by atoms with Gasteiger partial charge in [0.15, 0.2) is 0 Å². The average molecular weight is 304 g/mol. The molecule has 0 aromatic carbocycles. The maximum Gasteiger partial charge on any atom is 0.255 e. The van der Waals surface area contributed by atoms with Crippen LogP contribution in [-0.2, 0) is 0 Å². The van der Waals surface area contributed by atoms with E-state index in [0.717, 1.165) is 0 Å². The fourth-order valence-electron chi connectivity index (χ4n) is 2.12. The Kier molecular flexibility index (Phi) is 3.71. The van der Waals surface area contributed by atoms with Crippen molar-refractivity contribution in [3.63, 3.8) is 0 Å². The van der Waals surface area contributed by atoms with Crippen LogP contribution >= 0.6 is 11.6 Å². The third-order valence-corrected chi connectivity index (χ3v) is 4.25. The third-order valence-electron chi connectivity index (χ3n) is 3.90. The van der Waals surface area contributed by atoms with Crippen molar-refractivity contribution in [1.29, 1.82) is 0 Å². The molecule has 1 atom stereocenters. The van der Waals surface area contributed by atoms with Crippen molar-refractivity contribution in [2.24, 2.45) is 11.8 Å². The molecular formula is C14H16ClF2NO2. The van der Waals surface area contributed by atoms with E-state index in [4.69, 9.17) is 21.1 Å². The SMILES string of the molecule is FC1(F)CC1COc1ccnc(OCC2CCC2)c1Cl. The zero-order chi connectivity index (χ0) is 14.2. The first-order valence-electron chi connectivity index (χ1n) is 6.84. The normalized spacial score (nSPS) is 24.1. The molecule has 2 saturated carbocycles. The van der Waals surface area contributed by atoms with Crippen molar-refractivity contribution in [3.8, 4) is 11.6 Å². The van der Waals surface area contributed by atoms with Crippen LogP contribution in [-0.4, -0.2) is 24.1 Å². The van der Waals surface area contributed by atoms with Crippen LogP contribution in [0.2, 0.25) is 5.02 Å². The summed E-state index contributed by atoms with van der Waals surface area (Å²) in [6.07, 6.45) is 4.99. The molecule has 0 spiro atoms. The summed E-state index contributed by atoms with van der Waals surface area (Å²) < 4.78 is 36.5. The van der Waals surface area contributed by atoms with Gasteiger partial charge in [-0.15, -0.1) is 0 Å². The molecular weight excluding hydrogens is 288 g/mol. The number of halogens is 3. The first kappa shape index (κ1) is 13.9. The molecule has 1 aromatic heterocycles. The number of pyridine rings is 1. The van der Waals surface area contributed by atoms with Gasteiger partial charge in [-0.05, 0) is 18.8 Å². The second-order valence-electron chi connectivity index (χ2n) is 5.51. The van der Waals surface area contributed by atoms with Crippen LogP contribution in [0, 0.1) is 11.8 Å². The van der Waals surface area contributed by atoms with Gasteiger partial charge in [0.1, 0.15) is 10.8 Å². The molecule has 3 rings (SSSR count). The zero-order valence-electron chi connectivity index (χ0n) is 10.9. The van der Waals surface area contributed by atoms with Crippen LogP contribution in [0.5, 0.6) is 11.6 Å². The van der Waals surface area contributed by atoms with Gasteiger partial charge in [-0.1, -0.05) is 18.0 Å². The Morgan fingerprint density at radius 1 is 1.30 bits per heavy atom. The molecule has 0 saturated heterocycles. The van der Waals surface area contributed by atoms with E-state index in [-0.39, 0.29) is 18.1 Å². The highest BCUT2D eigenvalue weighted by Crippen LogP contribution is 2.49. The summed E-state index contributed by atoms with van der Waals surface area (Å²) >= 11 is 6.13. The molecule has 3 nitrogen and oxygen atoms in total. The number of nitrogens with zero attached hydrogens (tertiary/aromatic N) is 1. The first-order valence-corrected chi connectivity index (χ1v) is 7.22. The number of rotatable bonds is 6. The lowest BCUT2D eigenvalue weighted by molar-refractivity contribution is 0.0855. The fraction of sp³-hybridized carbons (Fsp3) is 0.643. The van der Waals surface area contributed by atoms with Crippen LogP contribution < -0.4 is 9.47 Å². The van der Waals surface area contributed by atoms with Gasteiger partial charge in [-0.2, -0.15) is 0 Å². The van der Waals surface area contributed by atoms with Crippen molar-refractivity contribution < 1.29 is 18.3 Å². The number of ether oxygens (including phenoxy) is 2. The van der Waals surface area contributed by atoms with Crippen LogP contribution in [0.25, 0.3) is 0 Å². The van der Waals surface area contributed by atoms with Crippen molar-refractivity contribution in [2.75, 3.05) is 13.2 Å². The van der Waals surface area contributed by atoms with Crippen LogP contribution in [0.15, 0.2) is 12.3 Å². The lowest BCUT2D eigenvalue weighted by Crippen LogP contribution is -2.19. The minimum atomic E-state index is -2.58. The van der Waals surface area contributed by atoms with Gasteiger partial charge in [0.25, 0.3) is 5.92 Å². The first-order chi connectivity index (χ1) is 9.56. The fourth-order valence-corrected chi connectivity index (χ4v) is 2.34. The van der Waals surface area contributed by atoms with Gasteiger partial charge < -0.3 is 9.47 Å². The Labute approximate surface area is 121 Å². The molecule has 2 fully saturated rings. The largest absolute Gasteiger partial charge is 0.491 e. The molecule has 0 bridgehead atoms. The topological polar surface area (TPSA) is 31.4 Å². The van der Waals surface area contributed by atoms with Gasteiger partial charge in [0.2, 0.25) is 5.88 Å². The van der Waals surface area contributed by atoms with Gasteiger partial charge >= 0.3 is 0 Å². The predicted molar refractivity (Wildman–Crippen MR) is 70.6 cm³/mol. The van der Waals surface area contributed by atoms with Crippen molar-refractivity contribution >= 4 is 11.6 Å². The molecule has 0 aliphatic heterocycles. The summed E-state index contributed by atoms with van der Waals surface area (Å²) in [5, 5.41) is 0.260. The monoisotopic (exact) mass is 303 g/mol. The molecule has 1 heterocycles. The minimum absolute atomic E-state index is 0.0290. The molecule has 2 aliphatic rings. The van der Waals surface area contributed by atoms with Gasteiger partial charge in [0, 0.05) is 18.7 Å². The lowest BCUT2D eigenvalue weighted by Gasteiger charge is -2.25. The second-order valence-corrected chi connectivity index (χ2v) is 5.89. The third kappa shape index (κ3) is 2.97. The van der Waals surface area contributed by atoms with Crippen LogP contribution in [0.3, 0.4) is 0 Å². The van der Waals surface area contributed by atoms with E-state index in [1.807, 2.05) is 0 Å². The van der Waals surface area contributed by atoms with Crippen LogP contribution in [0.4, 0.5) is 8.78 Å². The standard InChI is InChI=1S/C14H16ClF2NO2/c15-12-11(19-8-10-6-14(10,16)17)4-5-18-13(12)20-7-9-2-1-3-9/h4-5,9-10H,1-3,6-8H2. The Balaban J connectivity index is 1.56.